The van der Waals surface area contributed by atoms with Crippen molar-refractivity contribution in [1.29, 1.82) is 0 Å². The van der Waals surface area contributed by atoms with Gasteiger partial charge in [0.2, 0.25) is 0 Å². The Morgan fingerprint density at radius 3 is 2.46 bits per heavy atom. The molecule has 24 heavy (non-hydrogen) atoms. The molecule has 7 heteroatoms. The van der Waals surface area contributed by atoms with Gasteiger partial charge in [-0.15, -0.1) is 0 Å². The number of nitrogens with zero attached hydrogens (tertiary/aromatic N) is 2. The van der Waals surface area contributed by atoms with E-state index in [1.165, 1.54) is 6.26 Å². The lowest BCUT2D eigenvalue weighted by molar-refractivity contribution is 0.0343. The third-order valence-corrected chi connectivity index (χ3v) is 5.23. The van der Waals surface area contributed by atoms with Crippen LogP contribution in [0.15, 0.2) is 29.2 Å². The summed E-state index contributed by atoms with van der Waals surface area (Å²) in [5, 5.41) is 0. The molecule has 6 nitrogen and oxygen atoms in total. The van der Waals surface area contributed by atoms with Crippen LogP contribution in [0.5, 0.6) is 5.75 Å². The number of hydrogen-bond acceptors (Lipinski definition) is 6. The van der Waals surface area contributed by atoms with Gasteiger partial charge >= 0.3 is 0 Å². The van der Waals surface area contributed by atoms with Gasteiger partial charge in [0.05, 0.1) is 24.7 Å². The molecule has 1 saturated heterocycles. The zero-order valence-electron chi connectivity index (χ0n) is 14.6. The molecule has 0 unspecified atom stereocenters. The maximum atomic E-state index is 11.4. The molecule has 0 amide bonds. The lowest BCUT2D eigenvalue weighted by Crippen LogP contribution is -2.40. The number of likely N-dealkylation sites (N-methyl/N-ethyl adjacent to an activating group) is 1. The highest BCUT2D eigenvalue weighted by atomic mass is 32.2. The quantitative estimate of drug-likeness (QED) is 0.618. The first kappa shape index (κ1) is 19.2. The summed E-state index contributed by atoms with van der Waals surface area (Å²) in [7, 11) is -1.02. The minimum Gasteiger partial charge on any atom is -0.494 e. The molecule has 0 spiro atoms. The van der Waals surface area contributed by atoms with E-state index in [-0.39, 0.29) is 0 Å². The highest BCUT2D eigenvalue weighted by molar-refractivity contribution is 7.90. The molecule has 2 rings (SSSR count). The van der Waals surface area contributed by atoms with E-state index < -0.39 is 9.84 Å². The summed E-state index contributed by atoms with van der Waals surface area (Å²) in [6, 6.07) is 6.58. The van der Waals surface area contributed by atoms with E-state index in [2.05, 4.69) is 16.8 Å². The lowest BCUT2D eigenvalue weighted by Gasteiger charge is -2.28. The molecule has 1 fully saturated rings. The predicted molar refractivity (Wildman–Crippen MR) is 94.4 cm³/mol. The van der Waals surface area contributed by atoms with E-state index >= 15 is 0 Å². The van der Waals surface area contributed by atoms with Gasteiger partial charge in [0.1, 0.15) is 5.75 Å². The minimum absolute atomic E-state index is 0.317. The van der Waals surface area contributed by atoms with Crippen molar-refractivity contribution in [2.24, 2.45) is 0 Å². The molecule has 0 N–H and O–H groups in total. The Kier molecular flexibility index (Phi) is 7.48. The Hall–Kier alpha value is -1.15. The van der Waals surface area contributed by atoms with E-state index in [4.69, 9.17) is 9.47 Å². The number of ether oxygens (including phenoxy) is 2. The lowest BCUT2D eigenvalue weighted by atomic mass is 10.3. The molecule has 0 aliphatic carbocycles. The van der Waals surface area contributed by atoms with Gasteiger partial charge in [-0.3, -0.25) is 4.90 Å². The monoisotopic (exact) mass is 356 g/mol. The third-order valence-electron chi connectivity index (χ3n) is 4.11. The molecule has 0 radical (unpaired) electrons. The summed E-state index contributed by atoms with van der Waals surface area (Å²) >= 11 is 0. The first-order valence-corrected chi connectivity index (χ1v) is 10.3. The van der Waals surface area contributed by atoms with Crippen molar-refractivity contribution in [1.82, 2.24) is 9.80 Å². The SMILES string of the molecule is CN(CCCOc1ccc(S(C)(=O)=O)cc1)CCN1CCOCC1. The van der Waals surface area contributed by atoms with Crippen molar-refractivity contribution in [3.05, 3.63) is 24.3 Å². The van der Waals surface area contributed by atoms with E-state index in [0.29, 0.717) is 17.3 Å². The van der Waals surface area contributed by atoms with E-state index in [9.17, 15) is 8.42 Å². The normalized spacial score (nSPS) is 16.5. The topological polar surface area (TPSA) is 59.1 Å². The molecule has 0 aromatic heterocycles. The van der Waals surface area contributed by atoms with Crippen molar-refractivity contribution >= 4 is 9.84 Å². The standard InChI is InChI=1S/C17H28N2O4S/c1-18(9-10-19-11-14-22-15-12-19)8-3-13-23-16-4-6-17(7-5-16)24(2,20)21/h4-7H,3,8-15H2,1-2H3. The fraction of sp³-hybridized carbons (Fsp3) is 0.647. The maximum Gasteiger partial charge on any atom is 0.175 e. The number of sulfone groups is 1. The fourth-order valence-electron chi connectivity index (χ4n) is 2.56. The summed E-state index contributed by atoms with van der Waals surface area (Å²) < 4.78 is 33.8. The fourth-order valence-corrected chi connectivity index (χ4v) is 3.19. The van der Waals surface area contributed by atoms with Gasteiger partial charge in [0.25, 0.3) is 0 Å². The van der Waals surface area contributed by atoms with Gasteiger partial charge < -0.3 is 14.4 Å². The first-order valence-electron chi connectivity index (χ1n) is 8.37. The summed E-state index contributed by atoms with van der Waals surface area (Å²) in [5.41, 5.74) is 0. The van der Waals surface area contributed by atoms with Gasteiger partial charge in [-0.1, -0.05) is 0 Å². The van der Waals surface area contributed by atoms with Crippen molar-refractivity contribution < 1.29 is 17.9 Å². The molecule has 136 valence electrons. The number of benzene rings is 1. The molecule has 0 bridgehead atoms. The van der Waals surface area contributed by atoms with Gasteiger partial charge in [0, 0.05) is 39.0 Å². The van der Waals surface area contributed by atoms with Crippen LogP contribution in [0, 0.1) is 0 Å². The predicted octanol–water partition coefficient (Wildman–Crippen LogP) is 1.12. The van der Waals surface area contributed by atoms with Crippen molar-refractivity contribution in [2.45, 2.75) is 11.3 Å². The van der Waals surface area contributed by atoms with Gasteiger partial charge in [-0.05, 0) is 37.7 Å². The molecule has 1 aromatic carbocycles. The molecular formula is C17H28N2O4S. The molecule has 1 heterocycles. The Labute approximate surface area is 145 Å². The molecule has 0 saturated carbocycles. The summed E-state index contributed by atoms with van der Waals surface area (Å²) in [4.78, 5) is 5.06. The highest BCUT2D eigenvalue weighted by Crippen LogP contribution is 2.15. The average molecular weight is 356 g/mol. The summed E-state index contributed by atoms with van der Waals surface area (Å²) in [6.07, 6.45) is 2.14. The Morgan fingerprint density at radius 2 is 1.83 bits per heavy atom. The van der Waals surface area contributed by atoms with Crippen molar-refractivity contribution in [3.8, 4) is 5.75 Å². The first-order chi connectivity index (χ1) is 11.4. The van der Waals surface area contributed by atoms with Gasteiger partial charge in [-0.2, -0.15) is 0 Å². The summed E-state index contributed by atoms with van der Waals surface area (Å²) in [5.74, 6) is 0.707. The zero-order valence-corrected chi connectivity index (χ0v) is 15.4. The average Bonchev–Trinajstić information content (AvgIpc) is 2.57. The summed E-state index contributed by atoms with van der Waals surface area (Å²) in [6.45, 7) is 7.47. The smallest absolute Gasteiger partial charge is 0.175 e. The number of hydrogen-bond donors (Lipinski definition) is 0. The molecule has 1 aliphatic rings. The number of rotatable bonds is 9. The second-order valence-electron chi connectivity index (χ2n) is 6.20. The van der Waals surface area contributed by atoms with Crippen LogP contribution in [0.3, 0.4) is 0 Å². The van der Waals surface area contributed by atoms with Crippen molar-refractivity contribution in [2.75, 3.05) is 65.8 Å². The van der Waals surface area contributed by atoms with E-state index in [1.807, 2.05) is 0 Å². The zero-order chi connectivity index (χ0) is 17.4. The van der Waals surface area contributed by atoms with Crippen LogP contribution in [0.25, 0.3) is 0 Å². The molecule has 1 aliphatic heterocycles. The second kappa shape index (κ2) is 9.36. The number of morpholine rings is 1. The van der Waals surface area contributed by atoms with Crippen LogP contribution in [0.1, 0.15) is 6.42 Å². The van der Waals surface area contributed by atoms with Crippen LogP contribution in [0.2, 0.25) is 0 Å². The van der Waals surface area contributed by atoms with Crippen LogP contribution >= 0.6 is 0 Å². The van der Waals surface area contributed by atoms with Crippen LogP contribution in [0.4, 0.5) is 0 Å². The molecule has 0 atom stereocenters. The van der Waals surface area contributed by atoms with Crippen LogP contribution in [-0.2, 0) is 14.6 Å². The van der Waals surface area contributed by atoms with Gasteiger partial charge in [0.15, 0.2) is 9.84 Å². The van der Waals surface area contributed by atoms with E-state index in [0.717, 1.165) is 52.4 Å². The molecular weight excluding hydrogens is 328 g/mol. The van der Waals surface area contributed by atoms with Crippen molar-refractivity contribution in [3.63, 3.8) is 0 Å². The second-order valence-corrected chi connectivity index (χ2v) is 8.22. The van der Waals surface area contributed by atoms with Crippen LogP contribution < -0.4 is 4.74 Å². The Morgan fingerprint density at radius 1 is 1.17 bits per heavy atom. The minimum atomic E-state index is -3.15. The Bertz CT molecular complexity index is 583. The van der Waals surface area contributed by atoms with Gasteiger partial charge in [-0.25, -0.2) is 8.42 Å². The largest absolute Gasteiger partial charge is 0.494 e. The van der Waals surface area contributed by atoms with E-state index in [1.54, 1.807) is 24.3 Å². The maximum absolute atomic E-state index is 11.4. The highest BCUT2D eigenvalue weighted by Gasteiger charge is 2.10. The third kappa shape index (κ3) is 6.76. The molecule has 1 aromatic rings. The Balaban J connectivity index is 1.60. The van der Waals surface area contributed by atoms with Crippen LogP contribution in [-0.4, -0.2) is 84.1 Å².